The predicted octanol–water partition coefficient (Wildman–Crippen LogP) is 1.86. The second-order valence-corrected chi connectivity index (χ2v) is 3.44. The first-order chi connectivity index (χ1) is 6.93. The molecule has 3 nitrogen and oxygen atoms in total. The molecule has 1 aliphatic rings. The van der Waals surface area contributed by atoms with E-state index in [0.29, 0.717) is 6.61 Å². The predicted molar refractivity (Wildman–Crippen MR) is 55.0 cm³/mol. The van der Waals surface area contributed by atoms with Crippen molar-refractivity contribution in [2.45, 2.75) is 38.4 Å². The van der Waals surface area contributed by atoms with Crippen LogP contribution in [0.2, 0.25) is 0 Å². The lowest BCUT2D eigenvalue weighted by molar-refractivity contribution is -0.161. The molecule has 1 aliphatic heterocycles. The Bertz CT molecular complexity index is 151. The van der Waals surface area contributed by atoms with Crippen LogP contribution in [0.4, 0.5) is 0 Å². The van der Waals surface area contributed by atoms with E-state index in [9.17, 15) is 0 Å². The van der Waals surface area contributed by atoms with E-state index in [1.54, 1.807) is 0 Å². The SMILES string of the molecule is OCC/C=C/CCO[C@H]1CCCCO1. The molecule has 0 saturated carbocycles. The van der Waals surface area contributed by atoms with Gasteiger partial charge in [-0.2, -0.15) is 0 Å². The molecular weight excluding hydrogens is 180 g/mol. The maximum Gasteiger partial charge on any atom is 0.157 e. The van der Waals surface area contributed by atoms with E-state index in [4.69, 9.17) is 14.6 Å². The molecule has 0 aliphatic carbocycles. The van der Waals surface area contributed by atoms with Crippen molar-refractivity contribution in [3.05, 3.63) is 12.2 Å². The highest BCUT2D eigenvalue weighted by Crippen LogP contribution is 2.13. The molecule has 1 atom stereocenters. The van der Waals surface area contributed by atoms with Crippen LogP contribution in [0.25, 0.3) is 0 Å². The summed E-state index contributed by atoms with van der Waals surface area (Å²) < 4.78 is 10.9. The normalized spacial score (nSPS) is 23.1. The van der Waals surface area contributed by atoms with Gasteiger partial charge in [-0.1, -0.05) is 12.2 Å². The fourth-order valence-corrected chi connectivity index (χ4v) is 1.42. The fourth-order valence-electron chi connectivity index (χ4n) is 1.42. The van der Waals surface area contributed by atoms with Gasteiger partial charge >= 0.3 is 0 Å². The minimum atomic E-state index is 0.0231. The van der Waals surface area contributed by atoms with E-state index in [0.717, 1.165) is 32.3 Å². The number of ether oxygens (including phenoxy) is 2. The maximum absolute atomic E-state index is 8.52. The van der Waals surface area contributed by atoms with Crippen molar-refractivity contribution in [2.24, 2.45) is 0 Å². The van der Waals surface area contributed by atoms with Gasteiger partial charge in [0.05, 0.1) is 6.61 Å². The van der Waals surface area contributed by atoms with Gasteiger partial charge < -0.3 is 14.6 Å². The molecule has 0 aromatic carbocycles. The summed E-state index contributed by atoms with van der Waals surface area (Å²) in [7, 11) is 0. The Morgan fingerprint density at radius 2 is 2.14 bits per heavy atom. The molecule has 1 rings (SSSR count). The van der Waals surface area contributed by atoms with Gasteiger partial charge in [-0.15, -0.1) is 0 Å². The Balaban J connectivity index is 1.92. The Labute approximate surface area is 85.7 Å². The van der Waals surface area contributed by atoms with Crippen LogP contribution < -0.4 is 0 Å². The molecular formula is C11H20O3. The van der Waals surface area contributed by atoms with Crippen molar-refractivity contribution in [2.75, 3.05) is 19.8 Å². The molecule has 3 heteroatoms. The minimum Gasteiger partial charge on any atom is -0.396 e. The third-order valence-corrected chi connectivity index (χ3v) is 2.19. The molecule has 14 heavy (non-hydrogen) atoms. The largest absolute Gasteiger partial charge is 0.396 e. The summed E-state index contributed by atoms with van der Waals surface area (Å²) in [5.74, 6) is 0. The number of aliphatic hydroxyl groups is 1. The van der Waals surface area contributed by atoms with Crippen molar-refractivity contribution in [3.8, 4) is 0 Å². The summed E-state index contributed by atoms with van der Waals surface area (Å²) in [6.07, 6.45) is 9.08. The molecule has 0 radical (unpaired) electrons. The zero-order chi connectivity index (χ0) is 10.1. The highest BCUT2D eigenvalue weighted by Gasteiger charge is 2.12. The average molecular weight is 200 g/mol. The van der Waals surface area contributed by atoms with Crippen LogP contribution in [-0.4, -0.2) is 31.2 Å². The fraction of sp³-hybridized carbons (Fsp3) is 0.818. The molecule has 0 spiro atoms. The Hall–Kier alpha value is -0.380. The zero-order valence-electron chi connectivity index (χ0n) is 8.65. The van der Waals surface area contributed by atoms with E-state index in [1.807, 2.05) is 12.2 Å². The van der Waals surface area contributed by atoms with E-state index < -0.39 is 0 Å². The van der Waals surface area contributed by atoms with Gasteiger partial charge in [0.25, 0.3) is 0 Å². The van der Waals surface area contributed by atoms with Crippen LogP contribution in [0.5, 0.6) is 0 Å². The van der Waals surface area contributed by atoms with Crippen LogP contribution in [0.3, 0.4) is 0 Å². The third kappa shape index (κ3) is 5.37. The molecule has 1 heterocycles. The first kappa shape index (κ1) is 11.7. The Morgan fingerprint density at radius 3 is 2.86 bits per heavy atom. The maximum atomic E-state index is 8.52. The van der Waals surface area contributed by atoms with E-state index in [-0.39, 0.29) is 12.9 Å². The zero-order valence-corrected chi connectivity index (χ0v) is 8.65. The van der Waals surface area contributed by atoms with Crippen LogP contribution >= 0.6 is 0 Å². The van der Waals surface area contributed by atoms with Crippen molar-refractivity contribution in [1.82, 2.24) is 0 Å². The third-order valence-electron chi connectivity index (χ3n) is 2.19. The average Bonchev–Trinajstić information content (AvgIpc) is 2.25. The van der Waals surface area contributed by atoms with Crippen LogP contribution in [-0.2, 0) is 9.47 Å². The summed E-state index contributed by atoms with van der Waals surface area (Å²) >= 11 is 0. The minimum absolute atomic E-state index is 0.0231. The van der Waals surface area contributed by atoms with Gasteiger partial charge in [0, 0.05) is 13.2 Å². The smallest absolute Gasteiger partial charge is 0.157 e. The lowest BCUT2D eigenvalue weighted by atomic mass is 10.2. The summed E-state index contributed by atoms with van der Waals surface area (Å²) in [5, 5.41) is 8.52. The first-order valence-electron chi connectivity index (χ1n) is 5.42. The van der Waals surface area contributed by atoms with Crippen LogP contribution in [0.15, 0.2) is 12.2 Å². The molecule has 1 N–H and O–H groups in total. The highest BCUT2D eigenvalue weighted by atomic mass is 16.7. The Morgan fingerprint density at radius 1 is 1.29 bits per heavy atom. The second-order valence-electron chi connectivity index (χ2n) is 3.44. The molecule has 0 unspecified atom stereocenters. The van der Waals surface area contributed by atoms with Gasteiger partial charge in [0.2, 0.25) is 0 Å². The van der Waals surface area contributed by atoms with E-state index in [1.165, 1.54) is 6.42 Å². The molecule has 82 valence electrons. The van der Waals surface area contributed by atoms with Crippen LogP contribution in [0, 0.1) is 0 Å². The summed E-state index contributed by atoms with van der Waals surface area (Å²) in [6.45, 7) is 1.78. The van der Waals surface area contributed by atoms with E-state index >= 15 is 0 Å². The molecule has 0 amide bonds. The van der Waals surface area contributed by atoms with Gasteiger partial charge in [-0.05, 0) is 32.1 Å². The van der Waals surface area contributed by atoms with Crippen molar-refractivity contribution in [3.63, 3.8) is 0 Å². The second kappa shape index (κ2) is 7.97. The summed E-state index contributed by atoms with van der Waals surface area (Å²) in [4.78, 5) is 0. The summed E-state index contributed by atoms with van der Waals surface area (Å²) in [6, 6.07) is 0. The molecule has 0 bridgehead atoms. The highest BCUT2D eigenvalue weighted by molar-refractivity contribution is 4.80. The van der Waals surface area contributed by atoms with Gasteiger partial charge in [0.1, 0.15) is 0 Å². The van der Waals surface area contributed by atoms with Gasteiger partial charge in [-0.25, -0.2) is 0 Å². The van der Waals surface area contributed by atoms with Crippen LogP contribution in [0.1, 0.15) is 32.1 Å². The molecule has 0 aromatic rings. The van der Waals surface area contributed by atoms with Gasteiger partial charge in [-0.3, -0.25) is 0 Å². The molecule has 0 aromatic heterocycles. The van der Waals surface area contributed by atoms with Crippen molar-refractivity contribution in [1.29, 1.82) is 0 Å². The lowest BCUT2D eigenvalue weighted by Gasteiger charge is -2.22. The molecule has 1 fully saturated rings. The van der Waals surface area contributed by atoms with Crippen molar-refractivity contribution >= 4 is 0 Å². The number of hydrogen-bond acceptors (Lipinski definition) is 3. The monoisotopic (exact) mass is 200 g/mol. The van der Waals surface area contributed by atoms with E-state index in [2.05, 4.69) is 0 Å². The lowest BCUT2D eigenvalue weighted by Crippen LogP contribution is -2.22. The summed E-state index contributed by atoms with van der Waals surface area (Å²) in [5.41, 5.74) is 0. The standard InChI is InChI=1S/C11H20O3/c12-8-4-1-2-5-9-13-11-7-3-6-10-14-11/h1-2,11-12H,3-10H2/b2-1+/t11-/m1/s1. The number of aliphatic hydroxyl groups excluding tert-OH is 1. The number of rotatable bonds is 6. The van der Waals surface area contributed by atoms with Gasteiger partial charge in [0.15, 0.2) is 6.29 Å². The van der Waals surface area contributed by atoms with Crippen molar-refractivity contribution < 1.29 is 14.6 Å². The molecule has 1 saturated heterocycles. The quantitative estimate of drug-likeness (QED) is 0.525. The number of hydrogen-bond donors (Lipinski definition) is 1. The Kier molecular flexibility index (Phi) is 6.66. The first-order valence-corrected chi connectivity index (χ1v) is 5.42. The topological polar surface area (TPSA) is 38.7 Å².